The summed E-state index contributed by atoms with van der Waals surface area (Å²) in [6.07, 6.45) is 4.04. The van der Waals surface area contributed by atoms with Crippen molar-refractivity contribution >= 4 is 17.5 Å². The van der Waals surface area contributed by atoms with E-state index in [1.54, 1.807) is 24.3 Å². The molecule has 4 heteroatoms. The summed E-state index contributed by atoms with van der Waals surface area (Å²) in [4.78, 5) is 15.2. The summed E-state index contributed by atoms with van der Waals surface area (Å²) in [5, 5.41) is 19.7. The number of benzene rings is 2. The van der Waals surface area contributed by atoms with Crippen LogP contribution in [0.5, 0.6) is 0 Å². The maximum atomic E-state index is 13.2. The van der Waals surface area contributed by atoms with Crippen molar-refractivity contribution in [1.82, 2.24) is 0 Å². The van der Waals surface area contributed by atoms with Gasteiger partial charge in [0, 0.05) is 17.7 Å². The molecule has 120 valence electrons. The number of rotatable bonds is 2. The van der Waals surface area contributed by atoms with E-state index in [0.717, 1.165) is 11.3 Å². The summed E-state index contributed by atoms with van der Waals surface area (Å²) in [5.41, 5.74) is 1.15. The Bertz CT molecular complexity index is 951. The standard InChI is InChI=1S/C21H15N3O/c22-13-17-12-21(14-23,20(25)16-7-2-1-3-8-16)19-11-10-15-6-4-5-9-18(15)24(17)19/h1-11,17,19H,12H2. The summed E-state index contributed by atoms with van der Waals surface area (Å²) in [5.74, 6) is -0.215. The van der Waals surface area contributed by atoms with E-state index in [0.29, 0.717) is 5.56 Å². The second-order valence-electron chi connectivity index (χ2n) is 6.40. The van der Waals surface area contributed by atoms with Crippen LogP contribution in [0.2, 0.25) is 0 Å². The molecule has 2 aromatic rings. The van der Waals surface area contributed by atoms with Crippen molar-refractivity contribution < 1.29 is 4.79 Å². The van der Waals surface area contributed by atoms with Gasteiger partial charge in [-0.15, -0.1) is 0 Å². The first-order valence-corrected chi connectivity index (χ1v) is 8.17. The van der Waals surface area contributed by atoms with Crippen LogP contribution in [-0.4, -0.2) is 17.9 Å². The highest BCUT2D eigenvalue weighted by molar-refractivity contribution is 6.04. The molecule has 0 aromatic heterocycles. The molecular formula is C21H15N3O. The van der Waals surface area contributed by atoms with Crippen LogP contribution in [0, 0.1) is 28.1 Å². The molecule has 0 spiro atoms. The Labute approximate surface area is 146 Å². The minimum atomic E-state index is -1.26. The zero-order valence-corrected chi connectivity index (χ0v) is 13.5. The average molecular weight is 325 g/mol. The molecule has 1 saturated heterocycles. The Kier molecular flexibility index (Phi) is 3.41. The first-order chi connectivity index (χ1) is 12.2. The smallest absolute Gasteiger partial charge is 0.185 e. The van der Waals surface area contributed by atoms with E-state index in [1.807, 2.05) is 47.4 Å². The zero-order chi connectivity index (χ0) is 17.4. The van der Waals surface area contributed by atoms with Gasteiger partial charge in [-0.25, -0.2) is 0 Å². The molecule has 0 N–H and O–H groups in total. The number of nitrogens with zero attached hydrogens (tertiary/aromatic N) is 3. The van der Waals surface area contributed by atoms with Crippen LogP contribution in [0.1, 0.15) is 22.3 Å². The first kappa shape index (κ1) is 15.2. The number of carbonyl (C=O) groups excluding carboxylic acids is 1. The monoisotopic (exact) mass is 325 g/mol. The lowest BCUT2D eigenvalue weighted by molar-refractivity contribution is 0.0860. The number of Topliss-reactive ketones (excluding diaryl/α,β-unsaturated/α-hetero) is 1. The van der Waals surface area contributed by atoms with Gasteiger partial charge in [0.15, 0.2) is 5.78 Å². The summed E-state index contributed by atoms with van der Waals surface area (Å²) < 4.78 is 0. The molecule has 25 heavy (non-hydrogen) atoms. The Morgan fingerprint density at radius 2 is 1.80 bits per heavy atom. The number of carbonyl (C=O) groups is 1. The molecule has 0 saturated carbocycles. The van der Waals surface area contributed by atoms with Crippen molar-refractivity contribution in [2.75, 3.05) is 4.90 Å². The van der Waals surface area contributed by atoms with Crippen LogP contribution < -0.4 is 4.90 Å². The van der Waals surface area contributed by atoms with Crippen LogP contribution in [0.15, 0.2) is 60.7 Å². The Hall–Kier alpha value is -3.37. The van der Waals surface area contributed by atoms with Crippen LogP contribution in [0.25, 0.3) is 6.08 Å². The molecule has 0 radical (unpaired) electrons. The molecule has 4 rings (SSSR count). The third-order valence-electron chi connectivity index (χ3n) is 5.12. The van der Waals surface area contributed by atoms with E-state index in [4.69, 9.17) is 0 Å². The maximum Gasteiger partial charge on any atom is 0.185 e. The lowest BCUT2D eigenvalue weighted by Gasteiger charge is -2.35. The predicted octanol–water partition coefficient (Wildman–Crippen LogP) is 3.58. The van der Waals surface area contributed by atoms with E-state index in [-0.39, 0.29) is 12.2 Å². The van der Waals surface area contributed by atoms with E-state index in [1.165, 1.54) is 0 Å². The third kappa shape index (κ3) is 2.08. The zero-order valence-electron chi connectivity index (χ0n) is 13.5. The van der Waals surface area contributed by atoms with Gasteiger partial charge in [0.25, 0.3) is 0 Å². The number of ketones is 1. The first-order valence-electron chi connectivity index (χ1n) is 8.17. The highest BCUT2D eigenvalue weighted by atomic mass is 16.1. The van der Waals surface area contributed by atoms with Gasteiger partial charge in [0.05, 0.1) is 18.2 Å². The van der Waals surface area contributed by atoms with Crippen molar-refractivity contribution in [3.8, 4) is 12.1 Å². The lowest BCUT2D eigenvalue weighted by Crippen LogP contribution is -2.45. The summed E-state index contributed by atoms with van der Waals surface area (Å²) >= 11 is 0. The molecule has 0 amide bonds. The molecule has 2 heterocycles. The minimum Gasteiger partial charge on any atom is -0.346 e. The summed E-state index contributed by atoms with van der Waals surface area (Å²) in [7, 11) is 0. The largest absolute Gasteiger partial charge is 0.346 e. The minimum absolute atomic E-state index is 0.205. The van der Waals surface area contributed by atoms with Crippen molar-refractivity contribution in [2.45, 2.75) is 18.5 Å². The van der Waals surface area contributed by atoms with Crippen molar-refractivity contribution in [3.05, 3.63) is 71.8 Å². The molecule has 2 aliphatic rings. The Morgan fingerprint density at radius 1 is 1.08 bits per heavy atom. The van der Waals surface area contributed by atoms with Gasteiger partial charge in [-0.05, 0) is 11.6 Å². The second kappa shape index (κ2) is 5.61. The fraction of sp³-hybridized carbons (Fsp3) is 0.190. The molecule has 0 bridgehead atoms. The Balaban J connectivity index is 1.86. The highest BCUT2D eigenvalue weighted by Crippen LogP contribution is 2.48. The van der Waals surface area contributed by atoms with Crippen molar-refractivity contribution in [3.63, 3.8) is 0 Å². The Morgan fingerprint density at radius 3 is 2.52 bits per heavy atom. The van der Waals surface area contributed by atoms with Gasteiger partial charge in [0.2, 0.25) is 0 Å². The van der Waals surface area contributed by atoms with Gasteiger partial charge in [-0.3, -0.25) is 4.79 Å². The third-order valence-corrected chi connectivity index (χ3v) is 5.12. The normalized spacial score (nSPS) is 26.2. The number of nitriles is 2. The van der Waals surface area contributed by atoms with Crippen LogP contribution in [-0.2, 0) is 0 Å². The lowest BCUT2D eigenvalue weighted by atomic mass is 9.74. The SMILES string of the molecule is N#CC1CC(C#N)(C(=O)c2ccccc2)C2C=Cc3ccccc3N12. The number of hydrogen-bond acceptors (Lipinski definition) is 4. The second-order valence-corrected chi connectivity index (χ2v) is 6.40. The van der Waals surface area contributed by atoms with E-state index in [2.05, 4.69) is 12.1 Å². The van der Waals surface area contributed by atoms with E-state index < -0.39 is 17.5 Å². The quantitative estimate of drug-likeness (QED) is 0.792. The van der Waals surface area contributed by atoms with Gasteiger partial charge in [0.1, 0.15) is 11.5 Å². The van der Waals surface area contributed by atoms with E-state index >= 15 is 0 Å². The van der Waals surface area contributed by atoms with Gasteiger partial charge < -0.3 is 4.90 Å². The molecule has 4 nitrogen and oxygen atoms in total. The van der Waals surface area contributed by atoms with Crippen LogP contribution >= 0.6 is 0 Å². The fourth-order valence-corrected chi connectivity index (χ4v) is 3.93. The van der Waals surface area contributed by atoms with E-state index in [9.17, 15) is 15.3 Å². The molecule has 3 unspecified atom stereocenters. The number of para-hydroxylation sites is 1. The van der Waals surface area contributed by atoms with Gasteiger partial charge in [-0.2, -0.15) is 10.5 Å². The summed E-state index contributed by atoms with van der Waals surface area (Å²) in [6.45, 7) is 0. The van der Waals surface area contributed by atoms with Crippen molar-refractivity contribution in [1.29, 1.82) is 10.5 Å². The summed E-state index contributed by atoms with van der Waals surface area (Å²) in [6, 6.07) is 20.3. The van der Waals surface area contributed by atoms with Crippen LogP contribution in [0.3, 0.4) is 0 Å². The van der Waals surface area contributed by atoms with Crippen molar-refractivity contribution in [2.24, 2.45) is 5.41 Å². The number of fused-ring (bicyclic) bond motifs is 3. The number of anilines is 1. The maximum absolute atomic E-state index is 13.2. The topological polar surface area (TPSA) is 67.9 Å². The highest BCUT2D eigenvalue weighted by Gasteiger charge is 2.57. The average Bonchev–Trinajstić information content (AvgIpc) is 3.03. The predicted molar refractivity (Wildman–Crippen MR) is 94.6 cm³/mol. The fourth-order valence-electron chi connectivity index (χ4n) is 3.93. The molecule has 1 fully saturated rings. The van der Waals surface area contributed by atoms with Gasteiger partial charge >= 0.3 is 0 Å². The van der Waals surface area contributed by atoms with Crippen LogP contribution in [0.4, 0.5) is 5.69 Å². The molecule has 3 atom stereocenters. The molecular weight excluding hydrogens is 310 g/mol. The van der Waals surface area contributed by atoms with Gasteiger partial charge in [-0.1, -0.05) is 60.7 Å². The number of hydrogen-bond donors (Lipinski definition) is 0. The molecule has 0 aliphatic carbocycles. The molecule has 2 aliphatic heterocycles. The molecule has 2 aromatic carbocycles.